The number of aryl methyl sites for hydroxylation is 1. The second-order valence-corrected chi connectivity index (χ2v) is 5.48. The number of benzene rings is 1. The zero-order chi connectivity index (χ0) is 14.4. The fraction of sp³-hybridized carbons (Fsp3) is 0.533. The topological polar surface area (TPSA) is 75.3 Å². The molecule has 0 saturated heterocycles. The van der Waals surface area contributed by atoms with Crippen LogP contribution in [0.2, 0.25) is 0 Å². The molecule has 19 heavy (non-hydrogen) atoms. The summed E-state index contributed by atoms with van der Waals surface area (Å²) in [6.45, 7) is 6.07. The van der Waals surface area contributed by atoms with Gasteiger partial charge in [-0.3, -0.25) is 4.79 Å². The summed E-state index contributed by atoms with van der Waals surface area (Å²) >= 11 is 0. The first-order valence-electron chi connectivity index (χ1n) is 6.68. The monoisotopic (exact) mass is 264 g/mol. The Bertz CT molecular complexity index is 401. The van der Waals surface area contributed by atoms with Gasteiger partial charge in [0, 0.05) is 11.7 Å². The molecule has 0 bridgehead atoms. The van der Waals surface area contributed by atoms with Crippen LogP contribution in [0.4, 0.5) is 5.69 Å². The lowest BCUT2D eigenvalue weighted by Gasteiger charge is -2.20. The van der Waals surface area contributed by atoms with Crippen LogP contribution in [0.25, 0.3) is 0 Å². The van der Waals surface area contributed by atoms with Crippen LogP contribution in [0.1, 0.15) is 32.3 Å². The Balaban J connectivity index is 2.44. The summed E-state index contributed by atoms with van der Waals surface area (Å²) in [7, 11) is 0. The number of nitrogens with one attached hydrogen (secondary N) is 1. The molecule has 0 saturated carbocycles. The Hall–Kier alpha value is -1.39. The molecule has 106 valence electrons. The van der Waals surface area contributed by atoms with Gasteiger partial charge in [-0.2, -0.15) is 0 Å². The fourth-order valence-electron chi connectivity index (χ4n) is 1.89. The average molecular weight is 264 g/mol. The van der Waals surface area contributed by atoms with Crippen molar-refractivity contribution in [2.24, 2.45) is 11.7 Å². The predicted molar refractivity (Wildman–Crippen MR) is 77.9 cm³/mol. The molecular weight excluding hydrogens is 240 g/mol. The van der Waals surface area contributed by atoms with Crippen molar-refractivity contribution in [3.8, 4) is 0 Å². The van der Waals surface area contributed by atoms with E-state index in [-0.39, 0.29) is 18.4 Å². The zero-order valence-electron chi connectivity index (χ0n) is 11.9. The van der Waals surface area contributed by atoms with Crippen LogP contribution >= 0.6 is 0 Å². The van der Waals surface area contributed by atoms with Gasteiger partial charge in [-0.25, -0.2) is 0 Å². The Morgan fingerprint density at radius 1 is 1.32 bits per heavy atom. The van der Waals surface area contributed by atoms with Crippen LogP contribution in [-0.4, -0.2) is 23.2 Å². The molecule has 0 spiro atoms. The van der Waals surface area contributed by atoms with Gasteiger partial charge in [0.25, 0.3) is 0 Å². The minimum absolute atomic E-state index is 0.0295. The second-order valence-electron chi connectivity index (χ2n) is 5.48. The molecule has 0 aliphatic rings. The molecule has 4 N–H and O–H groups in total. The third-order valence-electron chi connectivity index (χ3n) is 2.97. The van der Waals surface area contributed by atoms with E-state index in [1.165, 1.54) is 0 Å². The standard InChI is InChI=1S/C15H24N2O2/c1-10(2)8-13(16)14(18)9-15(19)17-12-6-4-11(3)5-7-12/h4-7,10,13-14,18H,8-9,16H2,1-3H3,(H,17,19)/t13-,14-/m0/s1. The highest BCUT2D eigenvalue weighted by Crippen LogP contribution is 2.12. The lowest BCUT2D eigenvalue weighted by atomic mass is 9.98. The quantitative estimate of drug-likeness (QED) is 0.736. The molecule has 0 aliphatic carbocycles. The molecule has 2 atom stereocenters. The molecular formula is C15H24N2O2. The SMILES string of the molecule is Cc1ccc(NC(=O)C[C@H](O)[C@@H](N)CC(C)C)cc1. The molecule has 4 heteroatoms. The first-order valence-corrected chi connectivity index (χ1v) is 6.68. The van der Waals surface area contributed by atoms with Gasteiger partial charge in [0.15, 0.2) is 0 Å². The third-order valence-corrected chi connectivity index (χ3v) is 2.97. The second kappa shape index (κ2) is 7.26. The van der Waals surface area contributed by atoms with Crippen molar-refractivity contribution in [2.75, 3.05) is 5.32 Å². The van der Waals surface area contributed by atoms with Crippen molar-refractivity contribution in [1.82, 2.24) is 0 Å². The van der Waals surface area contributed by atoms with Crippen LogP contribution in [0.15, 0.2) is 24.3 Å². The number of hydrogen-bond donors (Lipinski definition) is 3. The summed E-state index contributed by atoms with van der Waals surface area (Å²) in [4.78, 5) is 11.8. The summed E-state index contributed by atoms with van der Waals surface area (Å²) in [5, 5.41) is 12.6. The van der Waals surface area contributed by atoms with E-state index in [1.807, 2.05) is 45.0 Å². The normalized spacial score (nSPS) is 14.2. The molecule has 0 aliphatic heterocycles. The molecule has 1 aromatic carbocycles. The number of aliphatic hydroxyl groups excluding tert-OH is 1. The van der Waals surface area contributed by atoms with E-state index in [9.17, 15) is 9.90 Å². The summed E-state index contributed by atoms with van der Waals surface area (Å²) < 4.78 is 0. The van der Waals surface area contributed by atoms with E-state index >= 15 is 0 Å². The molecule has 4 nitrogen and oxygen atoms in total. The average Bonchev–Trinajstić information content (AvgIpc) is 2.31. The van der Waals surface area contributed by atoms with Crippen LogP contribution in [-0.2, 0) is 4.79 Å². The molecule has 0 heterocycles. The van der Waals surface area contributed by atoms with E-state index in [0.29, 0.717) is 12.3 Å². The van der Waals surface area contributed by atoms with Gasteiger partial charge in [0.1, 0.15) is 0 Å². The molecule has 0 unspecified atom stereocenters. The number of carbonyl (C=O) groups is 1. The molecule has 1 amide bonds. The van der Waals surface area contributed by atoms with Crippen molar-refractivity contribution < 1.29 is 9.90 Å². The minimum Gasteiger partial charge on any atom is -0.391 e. The smallest absolute Gasteiger partial charge is 0.227 e. The van der Waals surface area contributed by atoms with Gasteiger partial charge in [0.2, 0.25) is 5.91 Å². The zero-order valence-corrected chi connectivity index (χ0v) is 11.9. The Kier molecular flexibility index (Phi) is 5.99. The molecule has 1 rings (SSSR count). The summed E-state index contributed by atoms with van der Waals surface area (Å²) in [5.41, 5.74) is 7.72. The van der Waals surface area contributed by atoms with Crippen molar-refractivity contribution in [3.05, 3.63) is 29.8 Å². The number of carbonyl (C=O) groups excluding carboxylic acids is 1. The predicted octanol–water partition coefficient (Wildman–Crippen LogP) is 2.06. The van der Waals surface area contributed by atoms with Crippen LogP contribution in [0, 0.1) is 12.8 Å². The number of rotatable bonds is 6. The summed E-state index contributed by atoms with van der Waals surface area (Å²) in [6.07, 6.45) is -0.0614. The van der Waals surface area contributed by atoms with Gasteiger partial charge in [0.05, 0.1) is 12.5 Å². The highest BCUT2D eigenvalue weighted by atomic mass is 16.3. The summed E-state index contributed by atoms with van der Waals surface area (Å²) in [6, 6.07) is 7.18. The Morgan fingerprint density at radius 2 is 1.89 bits per heavy atom. The van der Waals surface area contributed by atoms with Gasteiger partial charge >= 0.3 is 0 Å². The Morgan fingerprint density at radius 3 is 2.42 bits per heavy atom. The van der Waals surface area contributed by atoms with Crippen molar-refractivity contribution in [2.45, 2.75) is 45.8 Å². The highest BCUT2D eigenvalue weighted by Gasteiger charge is 2.19. The number of anilines is 1. The van der Waals surface area contributed by atoms with E-state index in [1.54, 1.807) is 0 Å². The summed E-state index contributed by atoms with van der Waals surface area (Å²) in [5.74, 6) is 0.195. The van der Waals surface area contributed by atoms with Gasteiger partial charge < -0.3 is 16.2 Å². The van der Waals surface area contributed by atoms with Crippen LogP contribution in [0.5, 0.6) is 0 Å². The van der Waals surface area contributed by atoms with Gasteiger partial charge in [-0.1, -0.05) is 31.5 Å². The maximum Gasteiger partial charge on any atom is 0.227 e. The van der Waals surface area contributed by atoms with E-state index in [0.717, 1.165) is 11.3 Å². The maximum absolute atomic E-state index is 11.8. The highest BCUT2D eigenvalue weighted by molar-refractivity contribution is 5.91. The van der Waals surface area contributed by atoms with E-state index in [2.05, 4.69) is 5.32 Å². The van der Waals surface area contributed by atoms with Crippen molar-refractivity contribution in [3.63, 3.8) is 0 Å². The van der Waals surface area contributed by atoms with Crippen LogP contribution in [0.3, 0.4) is 0 Å². The van der Waals surface area contributed by atoms with Crippen molar-refractivity contribution >= 4 is 11.6 Å². The molecule has 1 aromatic rings. The molecule has 0 radical (unpaired) electrons. The van der Waals surface area contributed by atoms with Gasteiger partial charge in [-0.05, 0) is 31.4 Å². The first-order chi connectivity index (χ1) is 8.88. The number of hydrogen-bond acceptors (Lipinski definition) is 3. The van der Waals surface area contributed by atoms with E-state index in [4.69, 9.17) is 5.73 Å². The first kappa shape index (κ1) is 15.7. The lowest BCUT2D eigenvalue weighted by molar-refractivity contribution is -0.118. The third kappa shape index (κ3) is 5.85. The van der Waals surface area contributed by atoms with E-state index < -0.39 is 6.10 Å². The van der Waals surface area contributed by atoms with Crippen molar-refractivity contribution in [1.29, 1.82) is 0 Å². The Labute approximate surface area is 115 Å². The molecule has 0 fully saturated rings. The number of nitrogens with two attached hydrogens (primary N) is 1. The van der Waals surface area contributed by atoms with Crippen LogP contribution < -0.4 is 11.1 Å². The number of aliphatic hydroxyl groups is 1. The van der Waals surface area contributed by atoms with Gasteiger partial charge in [-0.15, -0.1) is 0 Å². The maximum atomic E-state index is 11.8. The largest absolute Gasteiger partial charge is 0.391 e. The number of amides is 1. The minimum atomic E-state index is -0.798. The fourth-order valence-corrected chi connectivity index (χ4v) is 1.89. The lowest BCUT2D eigenvalue weighted by Crippen LogP contribution is -2.38. The molecule has 0 aromatic heterocycles.